The summed E-state index contributed by atoms with van der Waals surface area (Å²) in [5.41, 5.74) is 0. The predicted molar refractivity (Wildman–Crippen MR) is 59.3 cm³/mol. The molecule has 1 aliphatic carbocycles. The Kier molecular flexibility index (Phi) is 3.36. The first kappa shape index (κ1) is 11.4. The molecule has 3 nitrogen and oxygen atoms in total. The molecule has 2 fully saturated rings. The van der Waals surface area contributed by atoms with Gasteiger partial charge in [0.15, 0.2) is 9.84 Å². The van der Waals surface area contributed by atoms with Crippen molar-refractivity contribution in [3.05, 3.63) is 0 Å². The predicted octanol–water partition coefficient (Wildman–Crippen LogP) is 1.36. The molecule has 0 radical (unpaired) electrons. The second-order valence-electron chi connectivity index (χ2n) is 5.19. The fourth-order valence-electron chi connectivity index (χ4n) is 2.65. The van der Waals surface area contributed by atoms with Gasteiger partial charge in [0.05, 0.1) is 17.6 Å². The summed E-state index contributed by atoms with van der Waals surface area (Å²) in [6.45, 7) is 0. The minimum absolute atomic E-state index is 0.213. The molecule has 1 aliphatic heterocycles. The summed E-state index contributed by atoms with van der Waals surface area (Å²) < 4.78 is 22.5. The molecular weight excluding hydrogens is 212 g/mol. The second kappa shape index (κ2) is 4.42. The Morgan fingerprint density at radius 3 is 2.27 bits per heavy atom. The van der Waals surface area contributed by atoms with E-state index in [1.54, 1.807) is 0 Å². The molecule has 1 heterocycles. The van der Waals surface area contributed by atoms with E-state index in [0.29, 0.717) is 23.8 Å². The van der Waals surface area contributed by atoms with Crippen molar-refractivity contribution in [2.45, 2.75) is 44.6 Å². The quantitative estimate of drug-likeness (QED) is 0.796. The van der Waals surface area contributed by atoms with Crippen LogP contribution >= 0.6 is 0 Å². The molecule has 4 heteroatoms. The molecule has 0 amide bonds. The topological polar surface area (TPSA) is 54.4 Å². The zero-order chi connectivity index (χ0) is 10.9. The first-order chi connectivity index (χ1) is 7.05. The van der Waals surface area contributed by atoms with Crippen LogP contribution in [0.15, 0.2) is 0 Å². The van der Waals surface area contributed by atoms with Gasteiger partial charge in [-0.2, -0.15) is 0 Å². The number of aliphatic hydroxyl groups is 1. The fourth-order valence-corrected chi connectivity index (χ4v) is 4.53. The van der Waals surface area contributed by atoms with Crippen LogP contribution in [0.4, 0.5) is 0 Å². The van der Waals surface area contributed by atoms with E-state index in [2.05, 4.69) is 0 Å². The van der Waals surface area contributed by atoms with E-state index >= 15 is 0 Å². The van der Waals surface area contributed by atoms with Crippen LogP contribution in [0, 0.1) is 11.8 Å². The first-order valence-corrected chi connectivity index (χ1v) is 7.76. The van der Waals surface area contributed by atoms with E-state index in [9.17, 15) is 13.5 Å². The van der Waals surface area contributed by atoms with Crippen molar-refractivity contribution in [3.8, 4) is 0 Å². The van der Waals surface area contributed by atoms with Crippen LogP contribution in [-0.2, 0) is 9.84 Å². The molecule has 0 aromatic rings. The van der Waals surface area contributed by atoms with E-state index in [1.807, 2.05) is 0 Å². The zero-order valence-electron chi connectivity index (χ0n) is 9.06. The van der Waals surface area contributed by atoms with Crippen LogP contribution in [0.25, 0.3) is 0 Å². The number of rotatable bonds is 4. The minimum Gasteiger partial charge on any atom is -0.393 e. The summed E-state index contributed by atoms with van der Waals surface area (Å²) in [6.07, 6.45) is 5.86. The Balaban J connectivity index is 1.72. The zero-order valence-corrected chi connectivity index (χ0v) is 9.88. The lowest BCUT2D eigenvalue weighted by Gasteiger charge is -2.28. The molecule has 0 aromatic carbocycles. The summed E-state index contributed by atoms with van der Waals surface area (Å²) in [6, 6.07) is 0. The lowest BCUT2D eigenvalue weighted by molar-refractivity contribution is 0.0973. The van der Waals surface area contributed by atoms with Gasteiger partial charge in [-0.1, -0.05) is 19.3 Å². The van der Waals surface area contributed by atoms with Gasteiger partial charge in [0.25, 0.3) is 0 Å². The third-order valence-electron chi connectivity index (χ3n) is 3.76. The highest BCUT2D eigenvalue weighted by Gasteiger charge is 2.30. The molecule has 1 saturated heterocycles. The normalized spacial score (nSPS) is 32.5. The van der Waals surface area contributed by atoms with Gasteiger partial charge in [-0.05, 0) is 31.1 Å². The van der Waals surface area contributed by atoms with Crippen LogP contribution in [0.2, 0.25) is 0 Å². The summed E-state index contributed by atoms with van der Waals surface area (Å²) in [5, 5.41) is 9.82. The lowest BCUT2D eigenvalue weighted by Crippen LogP contribution is -2.22. The Morgan fingerprint density at radius 2 is 1.80 bits per heavy atom. The molecule has 2 aliphatic rings. The van der Waals surface area contributed by atoms with Gasteiger partial charge in [0.1, 0.15) is 0 Å². The Morgan fingerprint density at radius 1 is 1.13 bits per heavy atom. The highest BCUT2D eigenvalue weighted by atomic mass is 32.2. The van der Waals surface area contributed by atoms with Crippen molar-refractivity contribution < 1.29 is 13.5 Å². The smallest absolute Gasteiger partial charge is 0.150 e. The summed E-state index contributed by atoms with van der Waals surface area (Å²) in [5.74, 6) is 1.55. The van der Waals surface area contributed by atoms with Gasteiger partial charge in [-0.15, -0.1) is 0 Å². The Bertz CT molecular complexity index is 306. The Hall–Kier alpha value is -0.0900. The summed E-state index contributed by atoms with van der Waals surface area (Å²) in [7, 11) is -2.77. The number of aliphatic hydroxyl groups excluding tert-OH is 1. The van der Waals surface area contributed by atoms with E-state index in [0.717, 1.165) is 12.8 Å². The average molecular weight is 232 g/mol. The third kappa shape index (κ3) is 3.18. The van der Waals surface area contributed by atoms with Crippen molar-refractivity contribution in [2.75, 3.05) is 11.5 Å². The SMILES string of the molecule is O=S1(=O)CCC(CC(O)CC2CCC2)C1. The lowest BCUT2D eigenvalue weighted by atomic mass is 9.80. The van der Waals surface area contributed by atoms with Gasteiger partial charge in [0, 0.05) is 0 Å². The van der Waals surface area contributed by atoms with E-state index in [1.165, 1.54) is 19.3 Å². The van der Waals surface area contributed by atoms with Crippen molar-refractivity contribution in [3.63, 3.8) is 0 Å². The van der Waals surface area contributed by atoms with Gasteiger partial charge < -0.3 is 5.11 Å². The van der Waals surface area contributed by atoms with Crippen LogP contribution < -0.4 is 0 Å². The summed E-state index contributed by atoms with van der Waals surface area (Å²) >= 11 is 0. The molecule has 2 atom stereocenters. The molecule has 88 valence electrons. The van der Waals surface area contributed by atoms with Crippen LogP contribution in [0.3, 0.4) is 0 Å². The molecule has 0 bridgehead atoms. The highest BCUT2D eigenvalue weighted by molar-refractivity contribution is 7.91. The number of sulfone groups is 1. The fraction of sp³-hybridized carbons (Fsp3) is 1.00. The Labute approximate surface area is 91.8 Å². The molecule has 2 unspecified atom stereocenters. The van der Waals surface area contributed by atoms with Crippen molar-refractivity contribution in [1.29, 1.82) is 0 Å². The monoisotopic (exact) mass is 232 g/mol. The molecule has 1 saturated carbocycles. The standard InChI is InChI=1S/C11H20O3S/c12-11(6-9-2-1-3-9)7-10-4-5-15(13,14)8-10/h9-12H,1-8H2. The molecule has 2 rings (SSSR count). The number of hydrogen-bond acceptors (Lipinski definition) is 3. The van der Waals surface area contributed by atoms with Crippen molar-refractivity contribution >= 4 is 9.84 Å². The summed E-state index contributed by atoms with van der Waals surface area (Å²) in [4.78, 5) is 0. The van der Waals surface area contributed by atoms with Crippen LogP contribution in [0.1, 0.15) is 38.5 Å². The average Bonchev–Trinajstić information content (AvgIpc) is 2.38. The van der Waals surface area contributed by atoms with Gasteiger partial charge >= 0.3 is 0 Å². The van der Waals surface area contributed by atoms with Crippen LogP contribution in [0.5, 0.6) is 0 Å². The highest BCUT2D eigenvalue weighted by Crippen LogP contribution is 2.32. The molecule has 1 N–H and O–H groups in total. The largest absolute Gasteiger partial charge is 0.393 e. The number of hydrogen-bond donors (Lipinski definition) is 1. The molecule has 0 aromatic heterocycles. The van der Waals surface area contributed by atoms with Crippen molar-refractivity contribution in [2.24, 2.45) is 11.8 Å². The molecular formula is C11H20O3S. The van der Waals surface area contributed by atoms with Crippen LogP contribution in [-0.4, -0.2) is 31.1 Å². The van der Waals surface area contributed by atoms with Gasteiger partial charge in [-0.25, -0.2) is 8.42 Å². The van der Waals surface area contributed by atoms with E-state index in [-0.39, 0.29) is 12.0 Å². The van der Waals surface area contributed by atoms with Gasteiger partial charge in [0.2, 0.25) is 0 Å². The third-order valence-corrected chi connectivity index (χ3v) is 5.60. The van der Waals surface area contributed by atoms with Gasteiger partial charge in [-0.3, -0.25) is 0 Å². The maximum Gasteiger partial charge on any atom is 0.150 e. The second-order valence-corrected chi connectivity index (χ2v) is 7.42. The van der Waals surface area contributed by atoms with E-state index in [4.69, 9.17) is 0 Å². The first-order valence-electron chi connectivity index (χ1n) is 5.93. The van der Waals surface area contributed by atoms with E-state index < -0.39 is 9.84 Å². The van der Waals surface area contributed by atoms with Crippen molar-refractivity contribution in [1.82, 2.24) is 0 Å². The molecule has 15 heavy (non-hydrogen) atoms. The molecule has 0 spiro atoms. The maximum atomic E-state index is 11.2. The maximum absolute atomic E-state index is 11.2. The minimum atomic E-state index is -2.77.